The fourth-order valence-corrected chi connectivity index (χ4v) is 1.49. The minimum atomic E-state index is -2.50. The zero-order valence-electron chi connectivity index (χ0n) is 8.70. The molecule has 0 aromatic carbocycles. The molecule has 4 nitrogen and oxygen atoms in total. The van der Waals surface area contributed by atoms with Gasteiger partial charge in [-0.3, -0.25) is 0 Å². The highest BCUT2D eigenvalue weighted by Crippen LogP contribution is 2.15. The van der Waals surface area contributed by atoms with Gasteiger partial charge in [-0.1, -0.05) is 0 Å². The first-order valence-corrected chi connectivity index (χ1v) is 5.06. The molecule has 0 bridgehead atoms. The summed E-state index contributed by atoms with van der Waals surface area (Å²) >= 11 is 5.63. The maximum absolute atomic E-state index is 12.3. The van der Waals surface area contributed by atoms with Crippen molar-refractivity contribution in [1.29, 1.82) is 0 Å². The van der Waals surface area contributed by atoms with Crippen molar-refractivity contribution in [2.24, 2.45) is 0 Å². The Morgan fingerprint density at radius 3 is 2.69 bits per heavy atom. The molecule has 0 aliphatic heterocycles. The quantitative estimate of drug-likeness (QED) is 0.806. The number of aromatic nitrogens is 2. The number of aliphatic hydroxyl groups is 1. The smallest absolute Gasteiger partial charge is 0.255 e. The van der Waals surface area contributed by atoms with Crippen LogP contribution in [0.25, 0.3) is 0 Å². The first kappa shape index (κ1) is 13.1. The molecule has 1 N–H and O–H groups in total. The number of halogens is 3. The monoisotopic (exact) mass is 251 g/mol. The van der Waals surface area contributed by atoms with Gasteiger partial charge in [-0.25, -0.2) is 18.7 Å². The van der Waals surface area contributed by atoms with Gasteiger partial charge in [0.1, 0.15) is 5.82 Å². The van der Waals surface area contributed by atoms with Crippen LogP contribution >= 0.6 is 11.6 Å². The topological polar surface area (TPSA) is 49.2 Å². The van der Waals surface area contributed by atoms with Crippen molar-refractivity contribution >= 4 is 17.4 Å². The van der Waals surface area contributed by atoms with Crippen molar-refractivity contribution in [3.8, 4) is 0 Å². The van der Waals surface area contributed by atoms with E-state index in [2.05, 4.69) is 9.97 Å². The Balaban J connectivity index is 2.90. The Kier molecular flexibility index (Phi) is 4.82. The summed E-state index contributed by atoms with van der Waals surface area (Å²) in [7, 11) is 0. The number of alkyl halides is 2. The second kappa shape index (κ2) is 5.91. The van der Waals surface area contributed by atoms with Crippen LogP contribution in [0.5, 0.6) is 0 Å². The van der Waals surface area contributed by atoms with Gasteiger partial charge in [0.15, 0.2) is 0 Å². The van der Waals surface area contributed by atoms with Gasteiger partial charge >= 0.3 is 0 Å². The Hall–Kier alpha value is -1.01. The molecule has 1 rings (SSSR count). The van der Waals surface area contributed by atoms with Crippen molar-refractivity contribution in [3.05, 3.63) is 17.0 Å². The predicted octanol–water partition coefficient (Wildman–Crippen LogP) is 1.50. The summed E-state index contributed by atoms with van der Waals surface area (Å²) in [5.41, 5.74) is 0.590. The van der Waals surface area contributed by atoms with E-state index in [-0.39, 0.29) is 18.4 Å². The van der Waals surface area contributed by atoms with Crippen molar-refractivity contribution < 1.29 is 13.9 Å². The molecule has 1 aromatic heterocycles. The minimum Gasteiger partial charge on any atom is -0.395 e. The number of hydrogen-bond acceptors (Lipinski definition) is 4. The lowest BCUT2D eigenvalue weighted by Crippen LogP contribution is -2.32. The third-order valence-corrected chi connectivity index (χ3v) is 2.03. The van der Waals surface area contributed by atoms with E-state index < -0.39 is 13.0 Å². The molecule has 7 heteroatoms. The van der Waals surface area contributed by atoms with Gasteiger partial charge in [0.2, 0.25) is 5.28 Å². The van der Waals surface area contributed by atoms with Gasteiger partial charge in [-0.05, 0) is 18.5 Å². The Morgan fingerprint density at radius 2 is 2.19 bits per heavy atom. The highest BCUT2D eigenvalue weighted by atomic mass is 35.5. The average molecular weight is 252 g/mol. The lowest BCUT2D eigenvalue weighted by atomic mass is 10.4. The molecule has 16 heavy (non-hydrogen) atoms. The van der Waals surface area contributed by atoms with Crippen LogP contribution in [0.3, 0.4) is 0 Å². The zero-order chi connectivity index (χ0) is 12.1. The molecular formula is C9H12ClF2N3O. The summed E-state index contributed by atoms with van der Waals surface area (Å²) < 4.78 is 24.6. The molecule has 90 valence electrons. The first-order chi connectivity index (χ1) is 7.52. The largest absolute Gasteiger partial charge is 0.395 e. The van der Waals surface area contributed by atoms with Crippen LogP contribution < -0.4 is 4.90 Å². The molecule has 0 unspecified atom stereocenters. The Morgan fingerprint density at radius 1 is 1.50 bits per heavy atom. The maximum Gasteiger partial charge on any atom is 0.255 e. The highest BCUT2D eigenvalue weighted by Gasteiger charge is 2.14. The van der Waals surface area contributed by atoms with Gasteiger partial charge < -0.3 is 10.0 Å². The van der Waals surface area contributed by atoms with Crippen LogP contribution in [0.15, 0.2) is 6.07 Å². The maximum atomic E-state index is 12.3. The number of anilines is 1. The van der Waals surface area contributed by atoms with E-state index in [1.165, 1.54) is 4.90 Å². The second-order valence-corrected chi connectivity index (χ2v) is 3.54. The highest BCUT2D eigenvalue weighted by molar-refractivity contribution is 6.28. The summed E-state index contributed by atoms with van der Waals surface area (Å²) in [6, 6.07) is 1.55. The molecule has 1 aromatic rings. The van der Waals surface area contributed by atoms with Gasteiger partial charge in [0.25, 0.3) is 6.43 Å². The van der Waals surface area contributed by atoms with Crippen molar-refractivity contribution in [2.45, 2.75) is 13.3 Å². The molecule has 0 saturated heterocycles. The second-order valence-electron chi connectivity index (χ2n) is 3.20. The van der Waals surface area contributed by atoms with Crippen molar-refractivity contribution in [2.75, 3.05) is 24.6 Å². The van der Waals surface area contributed by atoms with E-state index in [0.717, 1.165) is 0 Å². The Labute approximate surface area is 96.9 Å². The lowest BCUT2D eigenvalue weighted by Gasteiger charge is -2.22. The van der Waals surface area contributed by atoms with Gasteiger partial charge in [0, 0.05) is 18.3 Å². The molecule has 0 atom stereocenters. The van der Waals surface area contributed by atoms with Gasteiger partial charge in [-0.2, -0.15) is 0 Å². The van der Waals surface area contributed by atoms with Crippen LogP contribution in [-0.2, 0) is 0 Å². The third-order valence-electron chi connectivity index (χ3n) is 1.87. The number of hydrogen-bond donors (Lipinski definition) is 1. The van der Waals surface area contributed by atoms with Crippen LogP contribution in [0, 0.1) is 6.92 Å². The summed E-state index contributed by atoms with van der Waals surface area (Å²) in [4.78, 5) is 8.94. The summed E-state index contributed by atoms with van der Waals surface area (Å²) in [6.07, 6.45) is -2.50. The molecule has 0 aliphatic carbocycles. The van der Waals surface area contributed by atoms with Gasteiger partial charge in [-0.15, -0.1) is 0 Å². The van der Waals surface area contributed by atoms with Crippen molar-refractivity contribution in [3.63, 3.8) is 0 Å². The molecule has 0 amide bonds. The number of aryl methyl sites for hydroxylation is 1. The van der Waals surface area contributed by atoms with Crippen LogP contribution in [-0.4, -0.2) is 41.2 Å². The standard InChI is InChI=1S/C9H12ClF2N3O/c1-6-4-8(14-9(10)13-6)15(2-3-16)5-7(11)12/h4,7,16H,2-3,5H2,1H3. The van der Waals surface area contributed by atoms with E-state index in [4.69, 9.17) is 16.7 Å². The van der Waals surface area contributed by atoms with Crippen LogP contribution in [0.1, 0.15) is 5.69 Å². The molecule has 1 heterocycles. The first-order valence-electron chi connectivity index (χ1n) is 4.68. The summed E-state index contributed by atoms with van der Waals surface area (Å²) in [5, 5.41) is 8.79. The molecular weight excluding hydrogens is 240 g/mol. The number of nitrogens with zero attached hydrogens (tertiary/aromatic N) is 3. The fourth-order valence-electron chi connectivity index (χ4n) is 1.27. The summed E-state index contributed by atoms with van der Waals surface area (Å²) in [5.74, 6) is 0.298. The average Bonchev–Trinajstić information content (AvgIpc) is 2.14. The lowest BCUT2D eigenvalue weighted by molar-refractivity contribution is 0.152. The fraction of sp³-hybridized carbons (Fsp3) is 0.556. The molecule has 0 spiro atoms. The molecule has 0 aliphatic rings. The zero-order valence-corrected chi connectivity index (χ0v) is 9.45. The van der Waals surface area contributed by atoms with E-state index >= 15 is 0 Å². The van der Waals surface area contributed by atoms with E-state index in [9.17, 15) is 8.78 Å². The van der Waals surface area contributed by atoms with E-state index in [0.29, 0.717) is 11.5 Å². The minimum absolute atomic E-state index is 0.00667. The molecule has 0 fully saturated rings. The summed E-state index contributed by atoms with van der Waals surface area (Å²) in [6.45, 7) is 1.05. The van der Waals surface area contributed by atoms with E-state index in [1.54, 1.807) is 13.0 Å². The SMILES string of the molecule is Cc1cc(N(CCO)CC(F)F)nc(Cl)n1. The number of rotatable bonds is 5. The molecule has 0 saturated carbocycles. The van der Waals surface area contributed by atoms with Crippen LogP contribution in [0.2, 0.25) is 5.28 Å². The normalized spacial score (nSPS) is 10.9. The third kappa shape index (κ3) is 3.86. The predicted molar refractivity (Wildman–Crippen MR) is 57.1 cm³/mol. The Bertz CT molecular complexity index is 331. The molecule has 0 radical (unpaired) electrons. The van der Waals surface area contributed by atoms with Crippen LogP contribution in [0.4, 0.5) is 14.6 Å². The van der Waals surface area contributed by atoms with E-state index in [1.807, 2.05) is 0 Å². The van der Waals surface area contributed by atoms with Gasteiger partial charge in [0.05, 0.1) is 13.2 Å². The van der Waals surface area contributed by atoms with Crippen molar-refractivity contribution in [1.82, 2.24) is 9.97 Å². The number of aliphatic hydroxyl groups excluding tert-OH is 1.